The SMILES string of the molecule is C/C=C\C=C(\CBr)C(C)C. The van der Waals surface area contributed by atoms with Gasteiger partial charge in [-0.25, -0.2) is 0 Å². The minimum absolute atomic E-state index is 0.649. The van der Waals surface area contributed by atoms with E-state index in [2.05, 4.69) is 41.9 Å². The quantitative estimate of drug-likeness (QED) is 0.486. The Balaban J connectivity index is 4.04. The van der Waals surface area contributed by atoms with Gasteiger partial charge in [-0.05, 0) is 12.8 Å². The van der Waals surface area contributed by atoms with Crippen molar-refractivity contribution in [1.82, 2.24) is 0 Å². The van der Waals surface area contributed by atoms with Crippen molar-refractivity contribution in [2.24, 2.45) is 5.92 Å². The molecule has 0 nitrogen and oxygen atoms in total. The molecule has 0 radical (unpaired) electrons. The molecule has 0 aromatic carbocycles. The summed E-state index contributed by atoms with van der Waals surface area (Å²) in [6.07, 6.45) is 6.29. The fourth-order valence-electron chi connectivity index (χ4n) is 0.611. The molecule has 0 amide bonds. The molecule has 58 valence electrons. The van der Waals surface area contributed by atoms with Crippen molar-refractivity contribution in [3.8, 4) is 0 Å². The Bertz CT molecular complexity index is 132. The first-order valence-corrected chi connectivity index (χ1v) is 4.72. The van der Waals surface area contributed by atoms with E-state index in [-0.39, 0.29) is 0 Å². The lowest BCUT2D eigenvalue weighted by Crippen LogP contribution is -1.93. The number of hydrogen-bond acceptors (Lipinski definition) is 0. The predicted octanol–water partition coefficient (Wildman–Crippen LogP) is 3.54. The Labute approximate surface area is 72.1 Å². The average Bonchev–Trinajstić information content (AvgIpc) is 1.89. The average molecular weight is 203 g/mol. The number of alkyl halides is 1. The zero-order chi connectivity index (χ0) is 7.98. The summed E-state index contributed by atoms with van der Waals surface area (Å²) in [5.74, 6) is 0.649. The van der Waals surface area contributed by atoms with Gasteiger partial charge in [-0.15, -0.1) is 0 Å². The Morgan fingerprint density at radius 3 is 2.40 bits per heavy atom. The smallest absolute Gasteiger partial charge is 0.0247 e. The maximum atomic E-state index is 3.44. The minimum Gasteiger partial charge on any atom is -0.0880 e. The second-order valence-electron chi connectivity index (χ2n) is 2.56. The summed E-state index contributed by atoms with van der Waals surface area (Å²) in [5.41, 5.74) is 1.44. The van der Waals surface area contributed by atoms with Crippen LogP contribution in [-0.2, 0) is 0 Å². The van der Waals surface area contributed by atoms with Gasteiger partial charge in [-0.2, -0.15) is 0 Å². The van der Waals surface area contributed by atoms with E-state index in [1.165, 1.54) is 5.57 Å². The molecular formula is C9H15Br. The van der Waals surface area contributed by atoms with Crippen molar-refractivity contribution in [2.45, 2.75) is 20.8 Å². The van der Waals surface area contributed by atoms with Crippen LogP contribution >= 0.6 is 15.9 Å². The van der Waals surface area contributed by atoms with E-state index in [1.54, 1.807) is 0 Å². The molecule has 10 heavy (non-hydrogen) atoms. The number of allylic oxidation sites excluding steroid dienone is 4. The van der Waals surface area contributed by atoms with E-state index >= 15 is 0 Å². The minimum atomic E-state index is 0.649. The van der Waals surface area contributed by atoms with Gasteiger partial charge in [0.15, 0.2) is 0 Å². The van der Waals surface area contributed by atoms with E-state index in [9.17, 15) is 0 Å². The monoisotopic (exact) mass is 202 g/mol. The summed E-state index contributed by atoms with van der Waals surface area (Å²) >= 11 is 3.44. The van der Waals surface area contributed by atoms with E-state index in [0.717, 1.165) is 5.33 Å². The van der Waals surface area contributed by atoms with E-state index < -0.39 is 0 Å². The van der Waals surface area contributed by atoms with Crippen molar-refractivity contribution in [3.05, 3.63) is 23.8 Å². The zero-order valence-electron chi connectivity index (χ0n) is 6.89. The van der Waals surface area contributed by atoms with Crippen LogP contribution in [0.3, 0.4) is 0 Å². The van der Waals surface area contributed by atoms with Crippen molar-refractivity contribution in [2.75, 3.05) is 5.33 Å². The first kappa shape index (κ1) is 9.96. The summed E-state index contributed by atoms with van der Waals surface area (Å²) in [7, 11) is 0. The normalized spacial score (nSPS) is 13.5. The largest absolute Gasteiger partial charge is 0.0880 e. The Hall–Kier alpha value is -0.0400. The molecule has 0 saturated heterocycles. The number of rotatable bonds is 3. The molecule has 0 saturated carbocycles. The third-order valence-electron chi connectivity index (χ3n) is 1.40. The van der Waals surface area contributed by atoms with Crippen LogP contribution in [0, 0.1) is 5.92 Å². The molecule has 0 N–H and O–H groups in total. The van der Waals surface area contributed by atoms with Crippen LogP contribution in [0.4, 0.5) is 0 Å². The topological polar surface area (TPSA) is 0 Å². The van der Waals surface area contributed by atoms with Crippen molar-refractivity contribution < 1.29 is 0 Å². The molecule has 0 aliphatic carbocycles. The van der Waals surface area contributed by atoms with Gasteiger partial charge in [0.1, 0.15) is 0 Å². The van der Waals surface area contributed by atoms with Crippen LogP contribution < -0.4 is 0 Å². The Morgan fingerprint density at radius 1 is 1.50 bits per heavy atom. The summed E-state index contributed by atoms with van der Waals surface area (Å²) in [6, 6.07) is 0. The van der Waals surface area contributed by atoms with Crippen LogP contribution in [0.15, 0.2) is 23.8 Å². The van der Waals surface area contributed by atoms with Crippen LogP contribution in [0.2, 0.25) is 0 Å². The van der Waals surface area contributed by atoms with E-state index in [0.29, 0.717) is 5.92 Å². The lowest BCUT2D eigenvalue weighted by atomic mass is 10.1. The van der Waals surface area contributed by atoms with Crippen LogP contribution in [0.1, 0.15) is 20.8 Å². The molecular weight excluding hydrogens is 188 g/mol. The first-order valence-electron chi connectivity index (χ1n) is 3.60. The highest BCUT2D eigenvalue weighted by Crippen LogP contribution is 2.11. The molecule has 0 spiro atoms. The highest BCUT2D eigenvalue weighted by Gasteiger charge is 1.97. The van der Waals surface area contributed by atoms with Gasteiger partial charge in [-0.1, -0.05) is 53.6 Å². The van der Waals surface area contributed by atoms with Gasteiger partial charge < -0.3 is 0 Å². The van der Waals surface area contributed by atoms with E-state index in [1.807, 2.05) is 13.0 Å². The molecule has 1 heteroatoms. The molecule has 0 aliphatic heterocycles. The van der Waals surface area contributed by atoms with Crippen LogP contribution in [0.25, 0.3) is 0 Å². The third kappa shape index (κ3) is 3.89. The van der Waals surface area contributed by atoms with Gasteiger partial charge in [0.2, 0.25) is 0 Å². The zero-order valence-corrected chi connectivity index (χ0v) is 8.48. The maximum Gasteiger partial charge on any atom is 0.0247 e. The number of halogens is 1. The molecule has 0 unspecified atom stereocenters. The Kier molecular flexibility index (Phi) is 5.70. The lowest BCUT2D eigenvalue weighted by Gasteiger charge is -2.05. The molecule has 0 rings (SSSR count). The molecule has 0 aliphatic rings. The second-order valence-corrected chi connectivity index (χ2v) is 3.12. The van der Waals surface area contributed by atoms with Crippen LogP contribution in [0.5, 0.6) is 0 Å². The predicted molar refractivity (Wildman–Crippen MR) is 51.5 cm³/mol. The molecule has 0 bridgehead atoms. The van der Waals surface area contributed by atoms with Gasteiger partial charge >= 0.3 is 0 Å². The van der Waals surface area contributed by atoms with E-state index in [4.69, 9.17) is 0 Å². The summed E-state index contributed by atoms with van der Waals surface area (Å²) < 4.78 is 0. The lowest BCUT2D eigenvalue weighted by molar-refractivity contribution is 0.774. The fourth-order valence-corrected chi connectivity index (χ4v) is 1.45. The summed E-state index contributed by atoms with van der Waals surface area (Å²) in [4.78, 5) is 0. The highest BCUT2D eigenvalue weighted by molar-refractivity contribution is 9.09. The summed E-state index contributed by atoms with van der Waals surface area (Å²) in [6.45, 7) is 6.44. The van der Waals surface area contributed by atoms with Crippen LogP contribution in [-0.4, -0.2) is 5.33 Å². The molecule has 0 aromatic rings. The van der Waals surface area contributed by atoms with Gasteiger partial charge in [0, 0.05) is 5.33 Å². The molecule has 0 fully saturated rings. The standard InChI is InChI=1S/C9H15Br/c1-4-5-6-9(7-10)8(2)3/h4-6,8H,7H2,1-3H3/b5-4-,9-6-. The highest BCUT2D eigenvalue weighted by atomic mass is 79.9. The molecule has 0 aromatic heterocycles. The molecule has 0 atom stereocenters. The molecule has 0 heterocycles. The van der Waals surface area contributed by atoms with Gasteiger partial charge in [0.25, 0.3) is 0 Å². The van der Waals surface area contributed by atoms with Crippen molar-refractivity contribution in [3.63, 3.8) is 0 Å². The van der Waals surface area contributed by atoms with Gasteiger partial charge in [0.05, 0.1) is 0 Å². The number of hydrogen-bond donors (Lipinski definition) is 0. The second kappa shape index (κ2) is 5.72. The van der Waals surface area contributed by atoms with Gasteiger partial charge in [-0.3, -0.25) is 0 Å². The van der Waals surface area contributed by atoms with Crippen molar-refractivity contribution in [1.29, 1.82) is 0 Å². The first-order chi connectivity index (χ1) is 4.72. The fraction of sp³-hybridized carbons (Fsp3) is 0.556. The third-order valence-corrected chi connectivity index (χ3v) is 2.05. The maximum absolute atomic E-state index is 3.44. The Morgan fingerprint density at radius 2 is 2.10 bits per heavy atom. The van der Waals surface area contributed by atoms with Crippen molar-refractivity contribution >= 4 is 15.9 Å². The summed E-state index contributed by atoms with van der Waals surface area (Å²) in [5, 5.41) is 0.981.